The van der Waals surface area contributed by atoms with E-state index in [2.05, 4.69) is 0 Å². The fraction of sp³-hybridized carbons (Fsp3) is 0.167. The normalized spacial score (nSPS) is 10.3. The molecule has 0 fully saturated rings. The molecule has 4 nitrogen and oxygen atoms in total. The topological polar surface area (TPSA) is 46.6 Å². The number of hydrogen-bond donors (Lipinski definition) is 0. The molecule has 0 aliphatic carbocycles. The highest BCUT2D eigenvalue weighted by molar-refractivity contribution is 5.81. The van der Waals surface area contributed by atoms with E-state index in [1.54, 1.807) is 11.9 Å². The molecule has 0 aliphatic heterocycles. The van der Waals surface area contributed by atoms with Crippen molar-refractivity contribution in [3.63, 3.8) is 0 Å². The van der Waals surface area contributed by atoms with Gasteiger partial charge < -0.3 is 9.64 Å². The summed E-state index contributed by atoms with van der Waals surface area (Å²) in [6.07, 6.45) is 0.144. The Balaban J connectivity index is 1.47. The molecule has 28 heavy (non-hydrogen) atoms. The predicted octanol–water partition coefficient (Wildman–Crippen LogP) is 4.10. The maximum Gasteiger partial charge on any atom is 0.310 e. The second-order valence-corrected chi connectivity index (χ2v) is 6.64. The second-order valence-electron chi connectivity index (χ2n) is 6.64. The SMILES string of the molecule is CN(Cc1ccccc1)C(=O)COC(=O)Cc1ccc(-c2ccccc2)cc1. The predicted molar refractivity (Wildman–Crippen MR) is 109 cm³/mol. The molecule has 0 saturated heterocycles. The number of carbonyl (C=O) groups is 2. The molecule has 0 aromatic heterocycles. The number of carbonyl (C=O) groups excluding carboxylic acids is 2. The van der Waals surface area contributed by atoms with Crippen LogP contribution in [0, 0.1) is 0 Å². The lowest BCUT2D eigenvalue weighted by molar-refractivity contribution is -0.151. The third kappa shape index (κ3) is 5.55. The Morgan fingerprint density at radius 3 is 1.96 bits per heavy atom. The van der Waals surface area contributed by atoms with E-state index < -0.39 is 5.97 Å². The maximum absolute atomic E-state index is 12.2. The van der Waals surface area contributed by atoms with Crippen LogP contribution in [0.2, 0.25) is 0 Å². The Hall–Kier alpha value is -3.40. The number of esters is 1. The van der Waals surface area contributed by atoms with Crippen LogP contribution in [0.4, 0.5) is 0 Å². The number of rotatable bonds is 7. The number of benzene rings is 3. The first-order valence-corrected chi connectivity index (χ1v) is 9.20. The summed E-state index contributed by atoms with van der Waals surface area (Å²) in [5, 5.41) is 0. The van der Waals surface area contributed by atoms with E-state index in [9.17, 15) is 9.59 Å². The Kier molecular flexibility index (Phi) is 6.58. The summed E-state index contributed by atoms with van der Waals surface area (Å²) in [7, 11) is 1.70. The standard InChI is InChI=1S/C24H23NO3/c1-25(17-20-8-4-2-5-9-20)23(26)18-28-24(27)16-19-12-14-22(15-13-19)21-10-6-3-7-11-21/h2-15H,16-18H2,1H3. The van der Waals surface area contributed by atoms with Gasteiger partial charge in [0, 0.05) is 13.6 Å². The van der Waals surface area contributed by atoms with Crippen molar-refractivity contribution in [1.82, 2.24) is 4.90 Å². The summed E-state index contributed by atoms with van der Waals surface area (Å²) < 4.78 is 5.15. The lowest BCUT2D eigenvalue weighted by Crippen LogP contribution is -2.31. The lowest BCUT2D eigenvalue weighted by atomic mass is 10.0. The van der Waals surface area contributed by atoms with Gasteiger partial charge in [-0.1, -0.05) is 84.9 Å². The van der Waals surface area contributed by atoms with Gasteiger partial charge in [0.05, 0.1) is 6.42 Å². The molecule has 0 heterocycles. The molecule has 0 aliphatic rings. The average Bonchev–Trinajstić information content (AvgIpc) is 2.74. The van der Waals surface area contributed by atoms with Gasteiger partial charge in [0.2, 0.25) is 0 Å². The van der Waals surface area contributed by atoms with Crippen LogP contribution in [0.5, 0.6) is 0 Å². The van der Waals surface area contributed by atoms with Crippen molar-refractivity contribution in [2.45, 2.75) is 13.0 Å². The van der Waals surface area contributed by atoms with Crippen molar-refractivity contribution in [2.75, 3.05) is 13.7 Å². The third-order valence-electron chi connectivity index (χ3n) is 4.45. The zero-order valence-electron chi connectivity index (χ0n) is 15.9. The van der Waals surface area contributed by atoms with E-state index >= 15 is 0 Å². The molecular weight excluding hydrogens is 350 g/mol. The number of ether oxygens (including phenoxy) is 1. The van der Waals surface area contributed by atoms with Gasteiger partial charge in [0.25, 0.3) is 5.91 Å². The van der Waals surface area contributed by atoms with E-state index in [0.717, 1.165) is 22.3 Å². The first kappa shape index (κ1) is 19.4. The van der Waals surface area contributed by atoms with Crippen LogP contribution in [0.15, 0.2) is 84.9 Å². The second kappa shape index (κ2) is 9.51. The van der Waals surface area contributed by atoms with Gasteiger partial charge >= 0.3 is 5.97 Å². The highest BCUT2D eigenvalue weighted by atomic mass is 16.5. The number of amides is 1. The van der Waals surface area contributed by atoms with Crippen LogP contribution in [-0.2, 0) is 27.3 Å². The minimum Gasteiger partial charge on any atom is -0.455 e. The Labute approximate surface area is 165 Å². The van der Waals surface area contributed by atoms with Crippen LogP contribution < -0.4 is 0 Å². The molecule has 0 radical (unpaired) electrons. The highest BCUT2D eigenvalue weighted by Crippen LogP contribution is 2.19. The van der Waals surface area contributed by atoms with Crippen molar-refractivity contribution in [1.29, 1.82) is 0 Å². The van der Waals surface area contributed by atoms with Crippen molar-refractivity contribution in [3.8, 4) is 11.1 Å². The molecule has 4 heteroatoms. The van der Waals surface area contributed by atoms with E-state index in [4.69, 9.17) is 4.74 Å². The molecule has 0 N–H and O–H groups in total. The molecule has 3 aromatic rings. The smallest absolute Gasteiger partial charge is 0.310 e. The zero-order valence-corrected chi connectivity index (χ0v) is 15.9. The van der Waals surface area contributed by atoms with Crippen molar-refractivity contribution in [2.24, 2.45) is 0 Å². The van der Waals surface area contributed by atoms with Crippen molar-refractivity contribution < 1.29 is 14.3 Å². The van der Waals surface area contributed by atoms with E-state index in [1.165, 1.54) is 0 Å². The van der Waals surface area contributed by atoms with Crippen LogP contribution in [0.25, 0.3) is 11.1 Å². The minimum absolute atomic E-state index is 0.144. The average molecular weight is 373 g/mol. The zero-order chi connectivity index (χ0) is 19.8. The first-order valence-electron chi connectivity index (χ1n) is 9.20. The van der Waals surface area contributed by atoms with E-state index in [-0.39, 0.29) is 18.9 Å². The molecule has 3 rings (SSSR count). The third-order valence-corrected chi connectivity index (χ3v) is 4.45. The van der Waals surface area contributed by atoms with Crippen LogP contribution in [0.1, 0.15) is 11.1 Å². The highest BCUT2D eigenvalue weighted by Gasteiger charge is 2.13. The molecule has 1 amide bonds. The van der Waals surface area contributed by atoms with Crippen LogP contribution in [-0.4, -0.2) is 30.4 Å². The minimum atomic E-state index is -0.408. The number of nitrogens with zero attached hydrogens (tertiary/aromatic N) is 1. The van der Waals surface area contributed by atoms with Crippen LogP contribution >= 0.6 is 0 Å². The molecule has 0 bridgehead atoms. The molecular formula is C24H23NO3. The van der Waals surface area contributed by atoms with Crippen molar-refractivity contribution in [3.05, 3.63) is 96.1 Å². The molecule has 0 saturated carbocycles. The summed E-state index contributed by atoms with van der Waals surface area (Å²) in [4.78, 5) is 25.8. The number of likely N-dealkylation sites (N-methyl/N-ethyl adjacent to an activating group) is 1. The van der Waals surface area contributed by atoms with Gasteiger partial charge in [-0.2, -0.15) is 0 Å². The Morgan fingerprint density at radius 2 is 1.32 bits per heavy atom. The summed E-state index contributed by atoms with van der Waals surface area (Å²) in [5.41, 5.74) is 4.11. The van der Waals surface area contributed by atoms with Gasteiger partial charge in [0.15, 0.2) is 6.61 Å². The monoisotopic (exact) mass is 373 g/mol. The molecule has 0 atom stereocenters. The number of hydrogen-bond acceptors (Lipinski definition) is 3. The summed E-state index contributed by atoms with van der Waals surface area (Å²) in [5.74, 6) is -0.634. The quantitative estimate of drug-likeness (QED) is 0.586. The summed E-state index contributed by atoms with van der Waals surface area (Å²) >= 11 is 0. The fourth-order valence-corrected chi connectivity index (χ4v) is 2.86. The largest absolute Gasteiger partial charge is 0.455 e. The summed E-state index contributed by atoms with van der Waals surface area (Å²) in [6.45, 7) is 0.239. The van der Waals surface area contributed by atoms with Crippen LogP contribution in [0.3, 0.4) is 0 Å². The van der Waals surface area contributed by atoms with Gasteiger partial charge in [-0.05, 0) is 22.3 Å². The van der Waals surface area contributed by atoms with Gasteiger partial charge in [-0.15, -0.1) is 0 Å². The molecule has 142 valence electrons. The van der Waals surface area contributed by atoms with Gasteiger partial charge in [-0.3, -0.25) is 9.59 Å². The first-order chi connectivity index (χ1) is 13.6. The molecule has 0 spiro atoms. The summed E-state index contributed by atoms with van der Waals surface area (Å²) in [6, 6.07) is 27.5. The Morgan fingerprint density at radius 1 is 0.750 bits per heavy atom. The lowest BCUT2D eigenvalue weighted by Gasteiger charge is -2.17. The Bertz CT molecular complexity index is 906. The van der Waals surface area contributed by atoms with Gasteiger partial charge in [0.1, 0.15) is 0 Å². The maximum atomic E-state index is 12.2. The van der Waals surface area contributed by atoms with Gasteiger partial charge in [-0.25, -0.2) is 0 Å². The molecule has 0 unspecified atom stereocenters. The fourth-order valence-electron chi connectivity index (χ4n) is 2.86. The molecule has 3 aromatic carbocycles. The van der Waals surface area contributed by atoms with E-state index in [0.29, 0.717) is 6.54 Å². The van der Waals surface area contributed by atoms with E-state index in [1.807, 2.05) is 84.9 Å². The van der Waals surface area contributed by atoms with Crippen molar-refractivity contribution >= 4 is 11.9 Å².